The number of aryl methyl sites for hydroxylation is 2. The number of hydrogen-bond acceptors (Lipinski definition) is 3. The molecule has 0 radical (unpaired) electrons. The molecule has 0 atom stereocenters. The third kappa shape index (κ3) is 4.91. The van der Waals surface area contributed by atoms with Gasteiger partial charge in [0.05, 0.1) is 18.8 Å². The van der Waals surface area contributed by atoms with Crippen LogP contribution in [0.25, 0.3) is 0 Å². The van der Waals surface area contributed by atoms with Crippen LogP contribution in [0.2, 0.25) is 0 Å². The molecule has 1 amide bonds. The first-order valence-corrected chi connectivity index (χ1v) is 7.19. The Morgan fingerprint density at radius 2 is 2.09 bits per heavy atom. The molecule has 0 aliphatic rings. The standard InChI is InChI=1S/C15H26N6O/c1-7-8-16-15(18-10-14(22)20(4)5)17-9-13-11(2)19-21(6)12(13)3/h7H,1,8-10H2,2-6H3,(H2,16,17,18). The molecular weight excluding hydrogens is 280 g/mol. The van der Waals surface area contributed by atoms with Gasteiger partial charge >= 0.3 is 0 Å². The Morgan fingerprint density at radius 1 is 1.41 bits per heavy atom. The van der Waals surface area contributed by atoms with E-state index >= 15 is 0 Å². The van der Waals surface area contributed by atoms with Gasteiger partial charge in [-0.15, -0.1) is 6.58 Å². The van der Waals surface area contributed by atoms with E-state index in [0.29, 0.717) is 19.0 Å². The number of rotatable bonds is 6. The molecule has 0 aliphatic carbocycles. The lowest BCUT2D eigenvalue weighted by molar-refractivity contribution is -0.127. The molecule has 122 valence electrons. The van der Waals surface area contributed by atoms with Crippen LogP contribution in [0.1, 0.15) is 17.0 Å². The number of carbonyl (C=O) groups excluding carboxylic acids is 1. The van der Waals surface area contributed by atoms with E-state index in [9.17, 15) is 4.79 Å². The predicted octanol–water partition coefficient (Wildman–Crippen LogP) is 0.346. The molecule has 0 aliphatic heterocycles. The summed E-state index contributed by atoms with van der Waals surface area (Å²) in [6, 6.07) is 0. The maximum Gasteiger partial charge on any atom is 0.241 e. The van der Waals surface area contributed by atoms with Gasteiger partial charge in [-0.25, -0.2) is 4.99 Å². The largest absolute Gasteiger partial charge is 0.353 e. The summed E-state index contributed by atoms with van der Waals surface area (Å²) in [7, 11) is 5.36. The van der Waals surface area contributed by atoms with E-state index in [1.165, 1.54) is 4.90 Å². The monoisotopic (exact) mass is 306 g/mol. The van der Waals surface area contributed by atoms with Crippen molar-refractivity contribution in [2.45, 2.75) is 20.4 Å². The minimum absolute atomic E-state index is 0.0122. The van der Waals surface area contributed by atoms with Crippen molar-refractivity contribution in [1.29, 1.82) is 0 Å². The molecule has 1 rings (SSSR count). The molecule has 0 spiro atoms. The molecule has 1 aromatic heterocycles. The van der Waals surface area contributed by atoms with Crippen LogP contribution < -0.4 is 10.6 Å². The van der Waals surface area contributed by atoms with Gasteiger partial charge in [0.2, 0.25) is 5.91 Å². The smallest absolute Gasteiger partial charge is 0.241 e. The van der Waals surface area contributed by atoms with Crippen molar-refractivity contribution in [2.75, 3.05) is 27.2 Å². The molecule has 1 heterocycles. The van der Waals surface area contributed by atoms with Crippen LogP contribution in [0, 0.1) is 13.8 Å². The number of nitrogens with one attached hydrogen (secondary N) is 2. The summed E-state index contributed by atoms with van der Waals surface area (Å²) < 4.78 is 1.85. The number of guanidine groups is 1. The molecule has 0 saturated heterocycles. The van der Waals surface area contributed by atoms with Crippen molar-refractivity contribution in [2.24, 2.45) is 12.0 Å². The second-order valence-corrected chi connectivity index (χ2v) is 5.25. The van der Waals surface area contributed by atoms with Crippen molar-refractivity contribution in [3.8, 4) is 0 Å². The fraction of sp³-hybridized carbons (Fsp3) is 0.533. The second-order valence-electron chi connectivity index (χ2n) is 5.25. The van der Waals surface area contributed by atoms with Gasteiger partial charge in [-0.1, -0.05) is 6.08 Å². The van der Waals surface area contributed by atoms with Gasteiger partial charge < -0.3 is 15.5 Å². The van der Waals surface area contributed by atoms with Gasteiger partial charge in [0.1, 0.15) is 0 Å². The fourth-order valence-corrected chi connectivity index (χ4v) is 1.87. The van der Waals surface area contributed by atoms with Crippen LogP contribution in [0.5, 0.6) is 0 Å². The summed E-state index contributed by atoms with van der Waals surface area (Å²) >= 11 is 0. The van der Waals surface area contributed by atoms with Crippen molar-refractivity contribution in [3.63, 3.8) is 0 Å². The number of hydrogen-bond donors (Lipinski definition) is 2. The fourth-order valence-electron chi connectivity index (χ4n) is 1.87. The minimum atomic E-state index is -0.0122. The zero-order valence-electron chi connectivity index (χ0n) is 14.1. The van der Waals surface area contributed by atoms with Crippen LogP contribution in [0.4, 0.5) is 0 Å². The molecule has 1 aromatic rings. The lowest BCUT2D eigenvalue weighted by atomic mass is 10.2. The van der Waals surface area contributed by atoms with Crippen LogP contribution in [0.15, 0.2) is 17.6 Å². The van der Waals surface area contributed by atoms with Crippen LogP contribution in [-0.4, -0.2) is 53.7 Å². The Balaban J connectivity index is 2.77. The Labute approximate surface area is 132 Å². The van der Waals surface area contributed by atoms with Gasteiger partial charge in [-0.2, -0.15) is 5.10 Å². The van der Waals surface area contributed by atoms with Crippen molar-refractivity contribution < 1.29 is 4.79 Å². The van der Waals surface area contributed by atoms with Crippen LogP contribution in [-0.2, 0) is 18.4 Å². The van der Waals surface area contributed by atoms with E-state index in [1.807, 2.05) is 25.6 Å². The number of carbonyl (C=O) groups is 1. The third-order valence-electron chi connectivity index (χ3n) is 3.37. The molecule has 0 fully saturated rings. The van der Waals surface area contributed by atoms with Gasteiger partial charge in [0.15, 0.2) is 5.96 Å². The third-order valence-corrected chi connectivity index (χ3v) is 3.37. The molecule has 0 aromatic carbocycles. The van der Waals surface area contributed by atoms with Crippen molar-refractivity contribution in [3.05, 3.63) is 29.6 Å². The van der Waals surface area contributed by atoms with Crippen molar-refractivity contribution in [1.82, 2.24) is 25.3 Å². The SMILES string of the molecule is C=CCNC(=NCc1c(C)nn(C)c1C)NCC(=O)N(C)C. The van der Waals surface area contributed by atoms with Gasteiger partial charge in [0, 0.05) is 38.9 Å². The number of nitrogens with zero attached hydrogens (tertiary/aromatic N) is 4. The normalized spacial score (nSPS) is 11.2. The zero-order valence-corrected chi connectivity index (χ0v) is 14.1. The predicted molar refractivity (Wildman–Crippen MR) is 88.7 cm³/mol. The van der Waals surface area contributed by atoms with Crippen molar-refractivity contribution >= 4 is 11.9 Å². The molecule has 0 saturated carbocycles. The average Bonchev–Trinajstić information content (AvgIpc) is 2.71. The maximum absolute atomic E-state index is 11.7. The van der Waals surface area contributed by atoms with Crippen LogP contribution in [0.3, 0.4) is 0 Å². The van der Waals surface area contributed by atoms with Gasteiger partial charge in [-0.05, 0) is 13.8 Å². The Kier molecular flexibility index (Phi) is 6.62. The summed E-state index contributed by atoms with van der Waals surface area (Å²) in [5.74, 6) is 0.569. The number of likely N-dealkylation sites (N-methyl/N-ethyl adjacent to an activating group) is 1. The molecule has 0 unspecified atom stereocenters. The molecule has 22 heavy (non-hydrogen) atoms. The number of aromatic nitrogens is 2. The summed E-state index contributed by atoms with van der Waals surface area (Å²) in [6.45, 7) is 8.94. The van der Waals surface area contributed by atoms with E-state index < -0.39 is 0 Å². The van der Waals surface area contributed by atoms with Crippen LogP contribution >= 0.6 is 0 Å². The lowest BCUT2D eigenvalue weighted by Crippen LogP contribution is -2.43. The minimum Gasteiger partial charge on any atom is -0.353 e. The first-order chi connectivity index (χ1) is 10.4. The molecule has 0 bridgehead atoms. The maximum atomic E-state index is 11.7. The number of amides is 1. The van der Waals surface area contributed by atoms with E-state index in [-0.39, 0.29) is 12.5 Å². The molecular formula is C15H26N6O. The first-order valence-electron chi connectivity index (χ1n) is 7.19. The summed E-state index contributed by atoms with van der Waals surface area (Å²) in [4.78, 5) is 17.7. The highest BCUT2D eigenvalue weighted by Crippen LogP contribution is 2.12. The quantitative estimate of drug-likeness (QED) is 0.452. The topological polar surface area (TPSA) is 74.5 Å². The zero-order chi connectivity index (χ0) is 16.7. The highest BCUT2D eigenvalue weighted by Gasteiger charge is 2.10. The van der Waals surface area contributed by atoms with Gasteiger partial charge in [-0.3, -0.25) is 9.48 Å². The first kappa shape index (κ1) is 17.7. The number of aliphatic imine (C=N–C) groups is 1. The average molecular weight is 306 g/mol. The van der Waals surface area contributed by atoms with Gasteiger partial charge in [0.25, 0.3) is 0 Å². The Morgan fingerprint density at radius 3 is 2.59 bits per heavy atom. The molecule has 7 heteroatoms. The Hall–Kier alpha value is -2.31. The van der Waals surface area contributed by atoms with E-state index in [2.05, 4.69) is 27.3 Å². The second kappa shape index (κ2) is 8.21. The highest BCUT2D eigenvalue weighted by molar-refractivity contribution is 5.86. The summed E-state index contributed by atoms with van der Waals surface area (Å²) in [5, 5.41) is 10.5. The van der Waals surface area contributed by atoms with E-state index in [4.69, 9.17) is 0 Å². The van der Waals surface area contributed by atoms with E-state index in [1.54, 1.807) is 20.2 Å². The summed E-state index contributed by atoms with van der Waals surface area (Å²) in [5.41, 5.74) is 3.16. The highest BCUT2D eigenvalue weighted by atomic mass is 16.2. The lowest BCUT2D eigenvalue weighted by Gasteiger charge is -2.14. The Bertz CT molecular complexity index is 559. The van der Waals surface area contributed by atoms with E-state index in [0.717, 1.165) is 17.0 Å². The molecule has 7 nitrogen and oxygen atoms in total. The molecule has 2 N–H and O–H groups in total. The summed E-state index contributed by atoms with van der Waals surface area (Å²) in [6.07, 6.45) is 1.74.